The topological polar surface area (TPSA) is 142 Å². The average molecular weight is 623 g/mol. The maximum atomic E-state index is 13.5. The quantitative estimate of drug-likeness (QED) is 0.286. The highest BCUT2D eigenvalue weighted by Crippen LogP contribution is 2.29. The standard InChI is InChI=1S/C29H29Cl2N9O3/c1-19(41)38-12-5-13-39(15-14-38)26(43)17-23(29-34-27(28(31)35-29)20-6-3-2-4-7-20)33-25(42)11-8-21-16-22(30)9-10-24(21)40-18-32-36-37-40/h2-4,6-11,16,18,23H,5,12-15,17H2,1H3,(H,33,42)(H,34,35)/b11-8+/t23-/m0/s1. The highest BCUT2D eigenvalue weighted by Gasteiger charge is 2.27. The molecule has 222 valence electrons. The number of carbonyl (C=O) groups excluding carboxylic acids is 3. The SMILES string of the molecule is CC(=O)N1CCCN(C(=O)C[C@H](NC(=O)/C=C/c2cc(Cl)ccc2-n2cnnn2)c2nc(-c3ccccc3)c(Cl)[nH]2)CC1. The molecule has 1 fully saturated rings. The van der Waals surface area contributed by atoms with Gasteiger partial charge in [-0.3, -0.25) is 14.4 Å². The van der Waals surface area contributed by atoms with Gasteiger partial charge in [-0.15, -0.1) is 5.10 Å². The number of hydrogen-bond acceptors (Lipinski definition) is 7. The normalized spacial score (nSPS) is 14.5. The molecule has 1 aliphatic heterocycles. The lowest BCUT2D eigenvalue weighted by Gasteiger charge is -2.24. The van der Waals surface area contributed by atoms with Crippen LogP contribution in [0.25, 0.3) is 23.0 Å². The molecule has 14 heteroatoms. The second kappa shape index (κ2) is 13.6. The molecule has 2 N–H and O–H groups in total. The smallest absolute Gasteiger partial charge is 0.244 e. The van der Waals surface area contributed by atoms with Gasteiger partial charge in [-0.1, -0.05) is 53.5 Å². The van der Waals surface area contributed by atoms with Crippen molar-refractivity contribution < 1.29 is 14.4 Å². The van der Waals surface area contributed by atoms with Gasteiger partial charge in [0.25, 0.3) is 0 Å². The van der Waals surface area contributed by atoms with Crippen LogP contribution in [-0.2, 0) is 14.4 Å². The summed E-state index contributed by atoms with van der Waals surface area (Å²) in [5.41, 5.74) is 2.53. The predicted molar refractivity (Wildman–Crippen MR) is 161 cm³/mol. The van der Waals surface area contributed by atoms with Gasteiger partial charge in [-0.2, -0.15) is 4.68 Å². The molecule has 4 aromatic rings. The Hall–Kier alpha value is -4.55. The number of nitrogens with zero attached hydrogens (tertiary/aromatic N) is 7. The number of nitrogens with one attached hydrogen (secondary N) is 2. The number of rotatable bonds is 8. The summed E-state index contributed by atoms with van der Waals surface area (Å²) in [4.78, 5) is 49.8. The molecule has 1 atom stereocenters. The Labute approximate surface area is 257 Å². The minimum atomic E-state index is -0.815. The molecule has 0 bridgehead atoms. The number of tetrazole rings is 1. The fourth-order valence-electron chi connectivity index (χ4n) is 4.85. The molecule has 0 radical (unpaired) electrons. The minimum Gasteiger partial charge on any atom is -0.342 e. The van der Waals surface area contributed by atoms with Crippen molar-refractivity contribution in [1.29, 1.82) is 0 Å². The van der Waals surface area contributed by atoms with Gasteiger partial charge >= 0.3 is 0 Å². The van der Waals surface area contributed by atoms with Crippen molar-refractivity contribution >= 4 is 47.0 Å². The van der Waals surface area contributed by atoms with E-state index in [1.807, 2.05) is 30.3 Å². The van der Waals surface area contributed by atoms with E-state index in [1.165, 1.54) is 24.0 Å². The molecule has 2 aromatic heterocycles. The van der Waals surface area contributed by atoms with Crippen LogP contribution in [0.2, 0.25) is 10.2 Å². The zero-order valence-electron chi connectivity index (χ0n) is 23.3. The number of carbonyl (C=O) groups is 3. The lowest BCUT2D eigenvalue weighted by molar-refractivity contribution is -0.133. The molecule has 43 heavy (non-hydrogen) atoms. The number of aromatic amines is 1. The van der Waals surface area contributed by atoms with E-state index >= 15 is 0 Å². The van der Waals surface area contributed by atoms with Crippen molar-refractivity contribution in [3.8, 4) is 16.9 Å². The molecule has 0 aliphatic carbocycles. The van der Waals surface area contributed by atoms with Gasteiger partial charge in [0.1, 0.15) is 23.0 Å². The fourth-order valence-corrected chi connectivity index (χ4v) is 5.28. The molecule has 0 unspecified atom stereocenters. The Balaban J connectivity index is 1.38. The molecule has 12 nitrogen and oxygen atoms in total. The molecular formula is C29H29Cl2N9O3. The van der Waals surface area contributed by atoms with Crippen LogP contribution in [0.4, 0.5) is 0 Å². The zero-order chi connectivity index (χ0) is 30.3. The van der Waals surface area contributed by atoms with Crippen LogP contribution in [0.15, 0.2) is 60.9 Å². The second-order valence-corrected chi connectivity index (χ2v) is 10.8. The first-order valence-corrected chi connectivity index (χ1v) is 14.4. The fraction of sp³-hybridized carbons (Fsp3) is 0.276. The van der Waals surface area contributed by atoms with E-state index in [2.05, 4.69) is 30.8 Å². The van der Waals surface area contributed by atoms with E-state index in [0.717, 1.165) is 5.56 Å². The first-order chi connectivity index (χ1) is 20.8. The van der Waals surface area contributed by atoms with E-state index < -0.39 is 11.9 Å². The summed E-state index contributed by atoms with van der Waals surface area (Å²) in [7, 11) is 0. The summed E-state index contributed by atoms with van der Waals surface area (Å²) < 4.78 is 1.46. The largest absolute Gasteiger partial charge is 0.342 e. The molecule has 0 spiro atoms. The first kappa shape index (κ1) is 29.9. The molecule has 3 amide bonds. The van der Waals surface area contributed by atoms with Gasteiger partial charge in [-0.25, -0.2) is 4.98 Å². The minimum absolute atomic E-state index is 0.0205. The van der Waals surface area contributed by atoms with Crippen LogP contribution in [0, 0.1) is 0 Å². The van der Waals surface area contributed by atoms with Gasteiger partial charge in [0, 0.05) is 55.3 Å². The Morgan fingerprint density at radius 2 is 1.81 bits per heavy atom. The zero-order valence-corrected chi connectivity index (χ0v) is 24.8. The highest BCUT2D eigenvalue weighted by atomic mass is 35.5. The van der Waals surface area contributed by atoms with Gasteiger partial charge < -0.3 is 20.1 Å². The summed E-state index contributed by atoms with van der Waals surface area (Å²) in [6.45, 7) is 3.48. The van der Waals surface area contributed by atoms with E-state index in [-0.39, 0.29) is 18.2 Å². The second-order valence-electron chi connectivity index (χ2n) is 9.95. The first-order valence-electron chi connectivity index (χ1n) is 13.6. The third-order valence-corrected chi connectivity index (χ3v) is 7.55. The lowest BCUT2D eigenvalue weighted by Crippen LogP contribution is -2.39. The van der Waals surface area contributed by atoms with Crippen molar-refractivity contribution in [3.63, 3.8) is 0 Å². The number of amides is 3. The summed E-state index contributed by atoms with van der Waals surface area (Å²) in [6, 6.07) is 13.7. The number of imidazole rings is 1. The number of hydrogen-bond donors (Lipinski definition) is 2. The van der Waals surface area contributed by atoms with Crippen molar-refractivity contribution in [2.45, 2.75) is 25.8 Å². The van der Waals surface area contributed by atoms with Gasteiger partial charge in [0.05, 0.1) is 18.2 Å². The van der Waals surface area contributed by atoms with E-state index in [1.54, 1.807) is 34.1 Å². The summed E-state index contributed by atoms with van der Waals surface area (Å²) in [6.07, 6.45) is 4.97. The van der Waals surface area contributed by atoms with Crippen molar-refractivity contribution in [2.24, 2.45) is 0 Å². The van der Waals surface area contributed by atoms with Crippen LogP contribution in [0.5, 0.6) is 0 Å². The predicted octanol–water partition coefficient (Wildman–Crippen LogP) is 3.70. The molecular weight excluding hydrogens is 593 g/mol. The summed E-state index contributed by atoms with van der Waals surface area (Å²) in [5.74, 6) is -0.318. The van der Waals surface area contributed by atoms with Crippen LogP contribution in [-0.4, -0.2) is 83.9 Å². The maximum absolute atomic E-state index is 13.5. The molecule has 3 heterocycles. The molecule has 1 saturated heterocycles. The van der Waals surface area contributed by atoms with Crippen molar-refractivity contribution in [1.82, 2.24) is 45.3 Å². The molecule has 5 rings (SSSR count). The summed E-state index contributed by atoms with van der Waals surface area (Å²) in [5, 5.41) is 14.9. The Morgan fingerprint density at radius 3 is 2.56 bits per heavy atom. The van der Waals surface area contributed by atoms with Crippen LogP contribution in [0.3, 0.4) is 0 Å². The van der Waals surface area contributed by atoms with Crippen LogP contribution in [0.1, 0.15) is 37.2 Å². The maximum Gasteiger partial charge on any atom is 0.244 e. The lowest BCUT2D eigenvalue weighted by atomic mass is 10.1. The average Bonchev–Trinajstić information content (AvgIpc) is 3.59. The Bertz CT molecular complexity index is 1620. The molecule has 2 aromatic carbocycles. The number of aromatic nitrogens is 6. The van der Waals surface area contributed by atoms with Crippen molar-refractivity contribution in [3.05, 3.63) is 82.5 Å². The van der Waals surface area contributed by atoms with E-state index in [0.29, 0.717) is 65.5 Å². The van der Waals surface area contributed by atoms with Gasteiger partial charge in [-0.05, 0) is 41.1 Å². The Morgan fingerprint density at radius 1 is 1.05 bits per heavy atom. The van der Waals surface area contributed by atoms with E-state index in [9.17, 15) is 14.4 Å². The number of benzene rings is 2. The third kappa shape index (κ3) is 7.46. The monoisotopic (exact) mass is 621 g/mol. The molecule has 1 aliphatic rings. The molecule has 0 saturated carbocycles. The Kier molecular flexibility index (Phi) is 9.48. The highest BCUT2D eigenvalue weighted by molar-refractivity contribution is 6.32. The van der Waals surface area contributed by atoms with E-state index in [4.69, 9.17) is 23.2 Å². The number of H-pyrrole nitrogens is 1. The van der Waals surface area contributed by atoms with Crippen LogP contribution >= 0.6 is 23.2 Å². The van der Waals surface area contributed by atoms with Gasteiger partial charge in [0.2, 0.25) is 17.7 Å². The summed E-state index contributed by atoms with van der Waals surface area (Å²) >= 11 is 12.7. The number of halogens is 2. The van der Waals surface area contributed by atoms with Crippen LogP contribution < -0.4 is 5.32 Å². The van der Waals surface area contributed by atoms with Gasteiger partial charge in [0.15, 0.2) is 0 Å². The van der Waals surface area contributed by atoms with Crippen molar-refractivity contribution in [2.75, 3.05) is 26.2 Å². The third-order valence-electron chi connectivity index (χ3n) is 7.04.